The van der Waals surface area contributed by atoms with Gasteiger partial charge in [0.1, 0.15) is 5.25 Å². The molecule has 2 rings (SSSR count). The van der Waals surface area contributed by atoms with Crippen molar-refractivity contribution in [1.82, 2.24) is 4.90 Å². The van der Waals surface area contributed by atoms with Gasteiger partial charge < -0.3 is 5.11 Å². The fraction of sp³-hybridized carbons (Fsp3) is 0.214. The average Bonchev–Trinajstić information content (AvgIpc) is 2.76. The number of carboxylic acid groups (broad SMARTS) is 1. The third-order valence-electron chi connectivity index (χ3n) is 2.96. The summed E-state index contributed by atoms with van der Waals surface area (Å²) in [5, 5.41) is 19.2. The first kappa shape index (κ1) is 16.7. The first-order valence-electron chi connectivity index (χ1n) is 6.56. The Labute approximate surface area is 135 Å². The van der Waals surface area contributed by atoms with Crippen LogP contribution in [0, 0.1) is 10.1 Å². The summed E-state index contributed by atoms with van der Waals surface area (Å²) < 4.78 is 0. The number of benzene rings is 1. The van der Waals surface area contributed by atoms with E-state index in [1.54, 1.807) is 6.07 Å². The second kappa shape index (κ2) is 7.05. The summed E-state index contributed by atoms with van der Waals surface area (Å²) in [4.78, 5) is 38.9. The summed E-state index contributed by atoms with van der Waals surface area (Å²) in [6, 6.07) is 5.69. The van der Waals surface area contributed by atoms with Gasteiger partial charge >= 0.3 is 5.97 Å². The van der Waals surface area contributed by atoms with E-state index in [2.05, 4.69) is 11.6 Å². The number of amides is 1. The third kappa shape index (κ3) is 3.95. The number of nitro benzene ring substituents is 1. The molecule has 8 nitrogen and oxygen atoms in total. The van der Waals surface area contributed by atoms with Gasteiger partial charge in [-0.2, -0.15) is 0 Å². The molecule has 0 spiro atoms. The highest BCUT2D eigenvalue weighted by Gasteiger charge is 2.38. The second-order valence-corrected chi connectivity index (χ2v) is 5.78. The zero-order valence-electron chi connectivity index (χ0n) is 11.9. The normalized spacial score (nSPS) is 19.1. The van der Waals surface area contributed by atoms with E-state index in [1.807, 2.05) is 0 Å². The lowest BCUT2D eigenvalue weighted by molar-refractivity contribution is -0.384. The second-order valence-electron chi connectivity index (χ2n) is 4.61. The van der Waals surface area contributed by atoms with Crippen molar-refractivity contribution in [3.63, 3.8) is 0 Å². The molecular weight excluding hydrogens is 322 g/mol. The minimum atomic E-state index is -1.08. The molecule has 0 aromatic heterocycles. The van der Waals surface area contributed by atoms with Crippen molar-refractivity contribution >= 4 is 40.2 Å². The van der Waals surface area contributed by atoms with Crippen LogP contribution in [0.25, 0.3) is 0 Å². The first-order chi connectivity index (χ1) is 10.9. The fourth-order valence-electron chi connectivity index (χ4n) is 1.97. The molecule has 1 aromatic carbocycles. The van der Waals surface area contributed by atoms with E-state index in [4.69, 9.17) is 5.11 Å². The lowest BCUT2D eigenvalue weighted by Gasteiger charge is -2.13. The molecule has 1 amide bonds. The number of carbonyl (C=O) groups is 2. The number of non-ortho nitro benzene ring substituents is 1. The lowest BCUT2D eigenvalue weighted by atomic mass is 10.2. The predicted octanol–water partition coefficient (Wildman–Crippen LogP) is 2.19. The predicted molar refractivity (Wildman–Crippen MR) is 85.7 cm³/mol. The van der Waals surface area contributed by atoms with E-state index in [1.165, 1.54) is 29.2 Å². The molecule has 0 radical (unpaired) electrons. The number of aliphatic imine (C=N–C) groups is 1. The molecule has 0 aliphatic carbocycles. The Morgan fingerprint density at radius 1 is 1.57 bits per heavy atom. The molecule has 1 heterocycles. The molecule has 1 N–H and O–H groups in total. The maximum atomic E-state index is 12.2. The van der Waals surface area contributed by atoms with Crippen LogP contribution in [0.5, 0.6) is 0 Å². The van der Waals surface area contributed by atoms with E-state index in [0.29, 0.717) is 10.9 Å². The molecule has 9 heteroatoms. The van der Waals surface area contributed by atoms with Gasteiger partial charge in [0.05, 0.1) is 17.0 Å². The van der Waals surface area contributed by atoms with Crippen LogP contribution in [-0.4, -0.2) is 43.8 Å². The number of nitro groups is 1. The van der Waals surface area contributed by atoms with E-state index >= 15 is 0 Å². The Kier molecular flexibility index (Phi) is 5.12. The third-order valence-corrected chi connectivity index (χ3v) is 4.13. The van der Waals surface area contributed by atoms with Gasteiger partial charge in [-0.05, 0) is 6.07 Å². The molecule has 23 heavy (non-hydrogen) atoms. The van der Waals surface area contributed by atoms with Crippen LogP contribution in [0.1, 0.15) is 6.42 Å². The number of carboxylic acids is 1. The first-order valence-corrected chi connectivity index (χ1v) is 7.44. The van der Waals surface area contributed by atoms with Crippen LogP contribution in [0.3, 0.4) is 0 Å². The quantitative estimate of drug-likeness (QED) is 0.484. The maximum Gasteiger partial charge on any atom is 0.305 e. The van der Waals surface area contributed by atoms with E-state index in [-0.39, 0.29) is 24.6 Å². The van der Waals surface area contributed by atoms with Crippen LogP contribution < -0.4 is 0 Å². The van der Waals surface area contributed by atoms with Crippen molar-refractivity contribution in [3.8, 4) is 0 Å². The average molecular weight is 335 g/mol. The molecule has 1 aliphatic rings. The summed E-state index contributed by atoms with van der Waals surface area (Å²) in [6.07, 6.45) is 1.19. The van der Waals surface area contributed by atoms with Gasteiger partial charge in [-0.25, -0.2) is 4.99 Å². The Morgan fingerprint density at radius 3 is 2.91 bits per heavy atom. The van der Waals surface area contributed by atoms with Crippen molar-refractivity contribution in [2.45, 2.75) is 11.7 Å². The lowest BCUT2D eigenvalue weighted by Crippen LogP contribution is -2.32. The number of carbonyl (C=O) groups excluding carboxylic acids is 1. The van der Waals surface area contributed by atoms with Gasteiger partial charge in [0, 0.05) is 18.7 Å². The van der Waals surface area contributed by atoms with Gasteiger partial charge in [0.2, 0.25) is 5.91 Å². The Bertz CT molecular complexity index is 703. The Balaban J connectivity index is 2.33. The summed E-state index contributed by atoms with van der Waals surface area (Å²) in [5.41, 5.74) is 0.207. The molecule has 1 unspecified atom stereocenters. The summed E-state index contributed by atoms with van der Waals surface area (Å²) >= 11 is 1.03. The summed E-state index contributed by atoms with van der Waals surface area (Å²) in [5.74, 6) is -1.44. The highest BCUT2D eigenvalue weighted by atomic mass is 32.2. The van der Waals surface area contributed by atoms with E-state index < -0.39 is 16.1 Å². The molecule has 120 valence electrons. The van der Waals surface area contributed by atoms with E-state index in [0.717, 1.165) is 11.8 Å². The Hall–Kier alpha value is -2.68. The van der Waals surface area contributed by atoms with Crippen molar-refractivity contribution in [2.75, 3.05) is 6.54 Å². The van der Waals surface area contributed by atoms with Crippen molar-refractivity contribution in [3.05, 3.63) is 47.0 Å². The minimum absolute atomic E-state index is 0.112. The maximum absolute atomic E-state index is 12.2. The van der Waals surface area contributed by atoms with Crippen LogP contribution in [0.15, 0.2) is 41.9 Å². The molecule has 1 atom stereocenters. The van der Waals surface area contributed by atoms with Crippen LogP contribution in [0.2, 0.25) is 0 Å². The number of aliphatic carboxylic acids is 1. The number of thioether (sulfide) groups is 1. The smallest absolute Gasteiger partial charge is 0.305 e. The minimum Gasteiger partial charge on any atom is -0.481 e. The van der Waals surface area contributed by atoms with E-state index in [9.17, 15) is 19.7 Å². The van der Waals surface area contributed by atoms with Crippen LogP contribution in [-0.2, 0) is 9.59 Å². The monoisotopic (exact) mass is 335 g/mol. The number of nitrogens with zero attached hydrogens (tertiary/aromatic N) is 3. The van der Waals surface area contributed by atoms with Gasteiger partial charge in [0.25, 0.3) is 5.69 Å². The number of rotatable bonds is 6. The van der Waals surface area contributed by atoms with Gasteiger partial charge in [-0.3, -0.25) is 24.6 Å². The largest absolute Gasteiger partial charge is 0.481 e. The standard InChI is InChI=1S/C14H13N3O5S/c1-2-6-16-13(20)11(8-12(18)19)23-14(16)15-9-4-3-5-10(7-9)17(21)22/h2-5,7,11H,1,6,8H2,(H,18,19). The van der Waals surface area contributed by atoms with Crippen molar-refractivity contribution in [2.24, 2.45) is 4.99 Å². The van der Waals surface area contributed by atoms with Crippen molar-refractivity contribution < 1.29 is 19.6 Å². The molecule has 1 fully saturated rings. The summed E-state index contributed by atoms with van der Waals surface area (Å²) in [6.45, 7) is 3.75. The highest BCUT2D eigenvalue weighted by Crippen LogP contribution is 2.32. The van der Waals surface area contributed by atoms with Crippen LogP contribution >= 0.6 is 11.8 Å². The highest BCUT2D eigenvalue weighted by molar-refractivity contribution is 8.15. The number of amidine groups is 1. The van der Waals surface area contributed by atoms with Crippen LogP contribution in [0.4, 0.5) is 11.4 Å². The molecule has 1 aromatic rings. The topological polar surface area (TPSA) is 113 Å². The SMILES string of the molecule is C=CCN1C(=O)C(CC(=O)O)SC1=Nc1cccc([N+](=O)[O-])c1. The summed E-state index contributed by atoms with van der Waals surface area (Å²) in [7, 11) is 0. The molecule has 0 bridgehead atoms. The zero-order valence-corrected chi connectivity index (χ0v) is 12.7. The van der Waals surface area contributed by atoms with Crippen molar-refractivity contribution in [1.29, 1.82) is 0 Å². The molecule has 1 aliphatic heterocycles. The van der Waals surface area contributed by atoms with Gasteiger partial charge in [0.15, 0.2) is 5.17 Å². The van der Waals surface area contributed by atoms with Gasteiger partial charge in [-0.1, -0.05) is 23.9 Å². The zero-order chi connectivity index (χ0) is 17.0. The molecule has 0 saturated carbocycles. The van der Waals surface area contributed by atoms with Gasteiger partial charge in [-0.15, -0.1) is 6.58 Å². The molecular formula is C14H13N3O5S. The molecule has 1 saturated heterocycles. The number of hydrogen-bond acceptors (Lipinski definition) is 6. The Morgan fingerprint density at radius 2 is 2.30 bits per heavy atom. The fourth-order valence-corrected chi connectivity index (χ4v) is 3.13. The number of hydrogen-bond donors (Lipinski definition) is 1.